The molecular weight excluding hydrogens is 476 g/mol. The number of carbonyl (C=O) groups is 2. The highest BCUT2D eigenvalue weighted by atomic mass is 16.5. The van der Waals surface area contributed by atoms with Crippen LogP contribution in [0.15, 0.2) is 97.2 Å². The molecule has 3 aromatic carbocycles. The Morgan fingerprint density at radius 2 is 1.45 bits per heavy atom. The van der Waals surface area contributed by atoms with Crippen LogP contribution in [0, 0.1) is 6.92 Å². The topological polar surface area (TPSA) is 94.1 Å². The van der Waals surface area contributed by atoms with E-state index in [1.165, 1.54) is 0 Å². The number of nitrogens with one attached hydrogen (secondary N) is 1. The zero-order chi connectivity index (χ0) is 26.5. The Bertz CT molecular complexity index is 1590. The van der Waals surface area contributed by atoms with Crippen LogP contribution in [0.5, 0.6) is 0 Å². The first kappa shape index (κ1) is 24.8. The van der Waals surface area contributed by atoms with E-state index in [2.05, 4.69) is 10.3 Å². The summed E-state index contributed by atoms with van der Waals surface area (Å²) in [7, 11) is 0. The van der Waals surface area contributed by atoms with E-state index in [9.17, 15) is 9.59 Å². The molecule has 188 valence electrons. The van der Waals surface area contributed by atoms with Gasteiger partial charge in [-0.15, -0.1) is 0 Å². The molecule has 1 unspecified atom stereocenters. The van der Waals surface area contributed by atoms with Gasteiger partial charge in [0.2, 0.25) is 0 Å². The first-order chi connectivity index (χ1) is 18.5. The third-order valence-corrected chi connectivity index (χ3v) is 6.07. The Labute approximate surface area is 220 Å². The average molecular weight is 503 g/mol. The van der Waals surface area contributed by atoms with E-state index in [4.69, 9.17) is 14.7 Å². The highest BCUT2D eigenvalue weighted by Gasteiger charge is 2.23. The molecule has 1 amide bonds. The van der Waals surface area contributed by atoms with Crippen LogP contribution in [0.3, 0.4) is 0 Å². The molecule has 0 radical (unpaired) electrons. The summed E-state index contributed by atoms with van der Waals surface area (Å²) in [6.45, 7) is 3.69. The summed E-state index contributed by atoms with van der Waals surface area (Å²) in [6, 6.07) is 28.3. The van der Waals surface area contributed by atoms with Gasteiger partial charge >= 0.3 is 5.97 Å². The van der Waals surface area contributed by atoms with Crippen molar-refractivity contribution in [3.05, 3.63) is 108 Å². The minimum atomic E-state index is -0.965. The molecule has 2 heterocycles. The van der Waals surface area contributed by atoms with Crippen molar-refractivity contribution in [2.45, 2.75) is 26.4 Å². The molecule has 0 aliphatic rings. The summed E-state index contributed by atoms with van der Waals surface area (Å²) in [5.74, 6) is -0.642. The summed E-state index contributed by atoms with van der Waals surface area (Å²) in [4.78, 5) is 39.7. The number of amides is 1. The van der Waals surface area contributed by atoms with E-state index in [0.717, 1.165) is 22.4 Å². The zero-order valence-electron chi connectivity index (χ0n) is 21.1. The maximum atomic E-state index is 13.0. The van der Waals surface area contributed by atoms with Crippen molar-refractivity contribution in [3.63, 3.8) is 0 Å². The molecule has 5 rings (SSSR count). The van der Waals surface area contributed by atoms with Crippen LogP contribution in [-0.4, -0.2) is 32.9 Å². The van der Waals surface area contributed by atoms with E-state index in [-0.39, 0.29) is 5.56 Å². The van der Waals surface area contributed by atoms with E-state index in [1.807, 2.05) is 73.7 Å². The van der Waals surface area contributed by atoms with Gasteiger partial charge < -0.3 is 10.1 Å². The van der Waals surface area contributed by atoms with Gasteiger partial charge in [-0.3, -0.25) is 4.79 Å². The molecule has 1 atom stereocenters. The van der Waals surface area contributed by atoms with Crippen LogP contribution in [0.2, 0.25) is 0 Å². The molecule has 0 aliphatic carbocycles. The van der Waals surface area contributed by atoms with E-state index in [0.29, 0.717) is 29.0 Å². The predicted molar refractivity (Wildman–Crippen MR) is 148 cm³/mol. The number of esters is 1. The van der Waals surface area contributed by atoms with Crippen molar-refractivity contribution in [2.24, 2.45) is 0 Å². The number of rotatable bonds is 7. The lowest BCUT2D eigenvalue weighted by atomic mass is 10.0. The van der Waals surface area contributed by atoms with Gasteiger partial charge in [0.15, 0.2) is 6.10 Å². The number of ether oxygens (including phenoxy) is 1. The van der Waals surface area contributed by atoms with Crippen LogP contribution in [-0.2, 0) is 9.53 Å². The summed E-state index contributed by atoms with van der Waals surface area (Å²) >= 11 is 0. The fourth-order valence-electron chi connectivity index (χ4n) is 4.04. The van der Waals surface area contributed by atoms with E-state index < -0.39 is 18.0 Å². The van der Waals surface area contributed by atoms with Crippen LogP contribution in [0.25, 0.3) is 33.5 Å². The van der Waals surface area contributed by atoms with Gasteiger partial charge in [-0.05, 0) is 43.2 Å². The van der Waals surface area contributed by atoms with Crippen LogP contribution >= 0.6 is 0 Å². The lowest BCUT2D eigenvalue weighted by molar-refractivity contribution is -0.124. The molecule has 1 N–H and O–H groups in total. The molecule has 5 aromatic rings. The normalized spacial score (nSPS) is 11.6. The van der Waals surface area contributed by atoms with Gasteiger partial charge in [-0.25, -0.2) is 19.7 Å². The summed E-state index contributed by atoms with van der Waals surface area (Å²) in [6.07, 6.45) is 1.01. The highest BCUT2D eigenvalue weighted by Crippen LogP contribution is 2.31. The fourth-order valence-corrected chi connectivity index (χ4v) is 4.04. The molecule has 0 fully saturated rings. The molecule has 7 heteroatoms. The fraction of sp³-hybridized carbons (Fsp3) is 0.129. The molecular formula is C31H26N4O3. The summed E-state index contributed by atoms with van der Waals surface area (Å²) < 4.78 is 5.57. The predicted octanol–water partition coefficient (Wildman–Crippen LogP) is 6.24. The van der Waals surface area contributed by atoms with E-state index in [1.54, 1.807) is 37.4 Å². The first-order valence-electron chi connectivity index (χ1n) is 12.4. The summed E-state index contributed by atoms with van der Waals surface area (Å²) in [5.41, 5.74) is 5.81. The third kappa shape index (κ3) is 5.42. The van der Waals surface area contributed by atoms with Gasteiger partial charge in [-0.2, -0.15) is 0 Å². The zero-order valence-corrected chi connectivity index (χ0v) is 21.1. The van der Waals surface area contributed by atoms with Gasteiger partial charge in [0.05, 0.1) is 28.0 Å². The Hall–Kier alpha value is -4.91. The van der Waals surface area contributed by atoms with Crippen LogP contribution in [0.4, 0.5) is 5.82 Å². The molecule has 0 bridgehead atoms. The first-order valence-corrected chi connectivity index (χ1v) is 12.4. The third-order valence-electron chi connectivity index (χ3n) is 6.07. The number of benzene rings is 3. The molecule has 7 nitrogen and oxygen atoms in total. The van der Waals surface area contributed by atoms with Crippen molar-refractivity contribution < 1.29 is 14.3 Å². The number of aryl methyl sites for hydroxylation is 1. The van der Waals surface area contributed by atoms with Gasteiger partial charge in [-0.1, -0.05) is 73.7 Å². The van der Waals surface area contributed by atoms with Crippen LogP contribution < -0.4 is 5.32 Å². The van der Waals surface area contributed by atoms with Crippen molar-refractivity contribution in [1.29, 1.82) is 0 Å². The highest BCUT2D eigenvalue weighted by molar-refractivity contribution is 5.98. The molecule has 38 heavy (non-hydrogen) atoms. The van der Waals surface area contributed by atoms with Gasteiger partial charge in [0.1, 0.15) is 5.82 Å². The maximum Gasteiger partial charge on any atom is 0.338 e. The SMILES string of the molecule is CCC(OC(=O)c1ccc2nc(-c3ccccc3)c(-c3ccccc3)nc2c1)C(=O)Nc1ccc(C)cn1. The van der Waals surface area contributed by atoms with E-state index >= 15 is 0 Å². The maximum absolute atomic E-state index is 13.0. The second-order valence-electron chi connectivity index (χ2n) is 8.87. The summed E-state index contributed by atoms with van der Waals surface area (Å²) in [5, 5.41) is 2.70. The number of hydrogen-bond acceptors (Lipinski definition) is 6. The number of fused-ring (bicyclic) bond motifs is 1. The second-order valence-corrected chi connectivity index (χ2v) is 8.87. The minimum absolute atomic E-state index is 0.290. The number of carbonyl (C=O) groups excluding carboxylic acids is 2. The molecule has 0 saturated heterocycles. The number of hydrogen-bond donors (Lipinski definition) is 1. The second kappa shape index (κ2) is 11.0. The number of aromatic nitrogens is 3. The Balaban J connectivity index is 1.44. The quantitative estimate of drug-likeness (QED) is 0.265. The number of anilines is 1. The lowest BCUT2D eigenvalue weighted by Gasteiger charge is -2.16. The van der Waals surface area contributed by atoms with Crippen molar-refractivity contribution >= 4 is 28.7 Å². The van der Waals surface area contributed by atoms with Gasteiger partial charge in [0, 0.05) is 17.3 Å². The van der Waals surface area contributed by atoms with Crippen molar-refractivity contribution in [1.82, 2.24) is 15.0 Å². The largest absolute Gasteiger partial charge is 0.449 e. The molecule has 0 spiro atoms. The molecule has 0 aliphatic heterocycles. The Morgan fingerprint density at radius 1 is 0.816 bits per heavy atom. The van der Waals surface area contributed by atoms with Crippen LogP contribution in [0.1, 0.15) is 29.3 Å². The Kier molecular flexibility index (Phi) is 7.17. The van der Waals surface area contributed by atoms with Crippen molar-refractivity contribution in [2.75, 3.05) is 5.32 Å². The van der Waals surface area contributed by atoms with Crippen molar-refractivity contribution in [3.8, 4) is 22.5 Å². The minimum Gasteiger partial charge on any atom is -0.449 e. The molecule has 0 saturated carbocycles. The van der Waals surface area contributed by atoms with Gasteiger partial charge in [0.25, 0.3) is 5.91 Å². The standard InChI is InChI=1S/C31H26N4O3/c1-3-26(30(36)35-27-17-14-20(2)19-32-27)38-31(37)23-15-16-24-25(18-23)34-29(22-12-8-5-9-13-22)28(33-24)21-10-6-4-7-11-21/h4-19,26H,3H2,1-2H3,(H,32,35,36). The average Bonchev–Trinajstić information content (AvgIpc) is 2.96. The Morgan fingerprint density at radius 3 is 2.03 bits per heavy atom. The number of nitrogens with zero attached hydrogens (tertiary/aromatic N) is 3. The number of pyridine rings is 1. The smallest absolute Gasteiger partial charge is 0.338 e. The molecule has 2 aromatic heterocycles. The lowest BCUT2D eigenvalue weighted by Crippen LogP contribution is -2.32. The monoisotopic (exact) mass is 502 g/mol.